The Balaban J connectivity index is 1.33. The van der Waals surface area contributed by atoms with Gasteiger partial charge in [-0.3, -0.25) is 4.79 Å². The maximum absolute atomic E-state index is 13.3. The molecule has 7 heteroatoms. The third kappa shape index (κ3) is 4.35. The number of hydrogen-bond acceptors (Lipinski definition) is 4. The summed E-state index contributed by atoms with van der Waals surface area (Å²) in [5, 5.41) is 0. The van der Waals surface area contributed by atoms with Crippen molar-refractivity contribution in [3.63, 3.8) is 0 Å². The molecule has 0 radical (unpaired) electrons. The maximum atomic E-state index is 13.3. The van der Waals surface area contributed by atoms with E-state index in [0.717, 1.165) is 5.69 Å². The summed E-state index contributed by atoms with van der Waals surface area (Å²) in [6.45, 7) is 2.43. The predicted molar refractivity (Wildman–Crippen MR) is 122 cm³/mol. The van der Waals surface area contributed by atoms with Gasteiger partial charge in [-0.1, -0.05) is 12.1 Å². The highest BCUT2D eigenvalue weighted by Gasteiger charge is 2.25. The predicted octanol–water partition coefficient (Wildman–Crippen LogP) is 5.25. The molecule has 0 unspecified atom stereocenters. The number of nitrogens with zero attached hydrogens (tertiary/aromatic N) is 3. The lowest BCUT2D eigenvalue weighted by Crippen LogP contribution is -2.48. The largest absolute Gasteiger partial charge is 0.436 e. The van der Waals surface area contributed by atoms with Crippen LogP contribution in [0.25, 0.3) is 22.8 Å². The molecule has 5 nitrogen and oxygen atoms in total. The molecule has 0 aliphatic carbocycles. The van der Waals surface area contributed by atoms with Gasteiger partial charge >= 0.3 is 0 Å². The van der Waals surface area contributed by atoms with Gasteiger partial charge in [0.25, 0.3) is 5.91 Å². The van der Waals surface area contributed by atoms with Gasteiger partial charge in [-0.2, -0.15) is 0 Å². The van der Waals surface area contributed by atoms with E-state index in [0.29, 0.717) is 54.5 Å². The molecular weight excluding hydrogens is 424 g/mol. The zero-order chi connectivity index (χ0) is 22.8. The Morgan fingerprint density at radius 3 is 2.15 bits per heavy atom. The molecule has 166 valence electrons. The molecule has 0 saturated carbocycles. The molecule has 4 aromatic rings. The van der Waals surface area contributed by atoms with Crippen LogP contribution in [0, 0.1) is 11.6 Å². The SMILES string of the molecule is O=C(c1ccccc1-c1ncc(-c2ccc(F)cc2)o1)N1CCN(c2ccc(F)cc2)CC1. The average Bonchev–Trinajstić information content (AvgIpc) is 3.35. The van der Waals surface area contributed by atoms with E-state index in [1.807, 2.05) is 23.1 Å². The van der Waals surface area contributed by atoms with Crippen molar-refractivity contribution in [3.8, 4) is 22.8 Å². The van der Waals surface area contributed by atoms with E-state index in [-0.39, 0.29) is 17.5 Å². The monoisotopic (exact) mass is 445 g/mol. The van der Waals surface area contributed by atoms with Crippen LogP contribution in [0.1, 0.15) is 10.4 Å². The summed E-state index contributed by atoms with van der Waals surface area (Å²) >= 11 is 0. The topological polar surface area (TPSA) is 49.6 Å². The van der Waals surface area contributed by atoms with Crippen molar-refractivity contribution < 1.29 is 18.0 Å². The minimum absolute atomic E-state index is 0.0918. The van der Waals surface area contributed by atoms with E-state index in [1.54, 1.807) is 36.5 Å². The van der Waals surface area contributed by atoms with Gasteiger partial charge in [-0.25, -0.2) is 13.8 Å². The number of carbonyl (C=O) groups excluding carboxylic acids is 1. The Morgan fingerprint density at radius 2 is 1.45 bits per heavy atom. The number of oxazole rings is 1. The number of halogens is 2. The Kier molecular flexibility index (Phi) is 5.60. The van der Waals surface area contributed by atoms with E-state index < -0.39 is 0 Å². The quantitative estimate of drug-likeness (QED) is 0.431. The van der Waals surface area contributed by atoms with Gasteiger partial charge in [-0.05, 0) is 60.7 Å². The average molecular weight is 445 g/mol. The Morgan fingerprint density at radius 1 is 0.818 bits per heavy atom. The molecule has 0 atom stereocenters. The van der Waals surface area contributed by atoms with Crippen molar-refractivity contribution in [3.05, 3.63) is 96.2 Å². The second-order valence-electron chi connectivity index (χ2n) is 7.84. The molecule has 1 aromatic heterocycles. The molecule has 1 amide bonds. The number of anilines is 1. The standard InChI is InChI=1S/C26H21F2N3O2/c27-19-7-5-18(6-8-19)24-17-29-25(33-24)22-3-1-2-4-23(22)26(32)31-15-13-30(14-16-31)21-11-9-20(28)10-12-21/h1-12,17H,13-16H2. The zero-order valence-corrected chi connectivity index (χ0v) is 17.7. The molecule has 3 aromatic carbocycles. The van der Waals surface area contributed by atoms with Crippen LogP contribution < -0.4 is 4.90 Å². The molecule has 5 rings (SSSR count). The minimum Gasteiger partial charge on any atom is -0.436 e. The highest BCUT2D eigenvalue weighted by molar-refractivity contribution is 6.00. The van der Waals surface area contributed by atoms with Gasteiger partial charge in [0.1, 0.15) is 11.6 Å². The van der Waals surface area contributed by atoms with Crippen LogP contribution in [-0.4, -0.2) is 42.0 Å². The van der Waals surface area contributed by atoms with Crippen LogP contribution in [-0.2, 0) is 0 Å². The third-order valence-corrected chi connectivity index (χ3v) is 5.78. The molecular formula is C26H21F2N3O2. The van der Waals surface area contributed by atoms with E-state index >= 15 is 0 Å². The Labute approximate surface area is 189 Å². The summed E-state index contributed by atoms with van der Waals surface area (Å²) in [6.07, 6.45) is 1.57. The number of piperazine rings is 1. The van der Waals surface area contributed by atoms with Crippen molar-refractivity contribution >= 4 is 11.6 Å². The van der Waals surface area contributed by atoms with Crippen LogP contribution in [0.4, 0.5) is 14.5 Å². The lowest BCUT2D eigenvalue weighted by molar-refractivity contribution is 0.0747. The fourth-order valence-electron chi connectivity index (χ4n) is 3.99. The van der Waals surface area contributed by atoms with E-state index in [1.165, 1.54) is 24.3 Å². The van der Waals surface area contributed by atoms with Crippen LogP contribution in [0.3, 0.4) is 0 Å². The minimum atomic E-state index is -0.325. The summed E-state index contributed by atoms with van der Waals surface area (Å²) in [4.78, 5) is 21.7. The van der Waals surface area contributed by atoms with E-state index in [2.05, 4.69) is 9.88 Å². The number of benzene rings is 3. The Bertz CT molecular complexity index is 1260. The van der Waals surface area contributed by atoms with Crippen molar-refractivity contribution in [2.75, 3.05) is 31.1 Å². The summed E-state index contributed by atoms with van der Waals surface area (Å²) in [7, 11) is 0. The first kappa shape index (κ1) is 20.9. The lowest BCUT2D eigenvalue weighted by Gasteiger charge is -2.36. The summed E-state index contributed by atoms with van der Waals surface area (Å²) in [5.41, 5.74) is 2.77. The van der Waals surface area contributed by atoms with E-state index in [4.69, 9.17) is 4.42 Å². The van der Waals surface area contributed by atoms with Gasteiger partial charge < -0.3 is 14.2 Å². The molecule has 0 N–H and O–H groups in total. The summed E-state index contributed by atoms with van der Waals surface area (Å²) in [5.74, 6) is 0.154. The smallest absolute Gasteiger partial charge is 0.254 e. The number of rotatable bonds is 4. The first-order valence-corrected chi connectivity index (χ1v) is 10.7. The van der Waals surface area contributed by atoms with Crippen LogP contribution in [0.2, 0.25) is 0 Å². The van der Waals surface area contributed by atoms with Crippen LogP contribution in [0.5, 0.6) is 0 Å². The molecule has 1 aliphatic heterocycles. The zero-order valence-electron chi connectivity index (χ0n) is 17.7. The molecule has 1 saturated heterocycles. The van der Waals surface area contributed by atoms with Crippen molar-refractivity contribution in [2.45, 2.75) is 0 Å². The van der Waals surface area contributed by atoms with Crippen LogP contribution in [0.15, 0.2) is 83.4 Å². The van der Waals surface area contributed by atoms with Gasteiger partial charge in [-0.15, -0.1) is 0 Å². The van der Waals surface area contributed by atoms with Gasteiger partial charge in [0.2, 0.25) is 5.89 Å². The van der Waals surface area contributed by atoms with Crippen LogP contribution >= 0.6 is 0 Å². The highest BCUT2D eigenvalue weighted by atomic mass is 19.1. The number of hydrogen-bond donors (Lipinski definition) is 0. The number of amides is 1. The first-order chi connectivity index (χ1) is 16.1. The van der Waals surface area contributed by atoms with E-state index in [9.17, 15) is 13.6 Å². The lowest BCUT2D eigenvalue weighted by atomic mass is 10.1. The fourth-order valence-corrected chi connectivity index (χ4v) is 3.99. The Hall–Kier alpha value is -4.00. The van der Waals surface area contributed by atoms with Crippen molar-refractivity contribution in [2.24, 2.45) is 0 Å². The molecule has 1 aliphatic rings. The van der Waals surface area contributed by atoms with Crippen molar-refractivity contribution in [1.29, 1.82) is 0 Å². The molecule has 0 spiro atoms. The van der Waals surface area contributed by atoms with Gasteiger partial charge in [0, 0.05) is 43.0 Å². The molecule has 1 fully saturated rings. The number of aromatic nitrogens is 1. The number of carbonyl (C=O) groups is 1. The fraction of sp³-hybridized carbons (Fsp3) is 0.154. The van der Waals surface area contributed by atoms with Gasteiger partial charge in [0.05, 0.1) is 11.8 Å². The molecule has 0 bridgehead atoms. The van der Waals surface area contributed by atoms with Gasteiger partial charge in [0.15, 0.2) is 5.76 Å². The summed E-state index contributed by atoms with van der Waals surface area (Å²) in [6, 6.07) is 19.6. The third-order valence-electron chi connectivity index (χ3n) is 5.78. The second-order valence-corrected chi connectivity index (χ2v) is 7.84. The highest BCUT2D eigenvalue weighted by Crippen LogP contribution is 2.29. The second kappa shape index (κ2) is 8.86. The molecule has 33 heavy (non-hydrogen) atoms. The molecule has 2 heterocycles. The summed E-state index contributed by atoms with van der Waals surface area (Å²) < 4.78 is 32.3. The maximum Gasteiger partial charge on any atom is 0.254 e. The first-order valence-electron chi connectivity index (χ1n) is 10.7. The normalized spacial score (nSPS) is 13.9. The van der Waals surface area contributed by atoms with Crippen molar-refractivity contribution in [1.82, 2.24) is 9.88 Å².